The zero-order valence-corrected chi connectivity index (χ0v) is 11.0. The summed E-state index contributed by atoms with van der Waals surface area (Å²) in [6, 6.07) is 10.3. The van der Waals surface area contributed by atoms with Crippen molar-refractivity contribution in [2.45, 2.75) is 50.4 Å². The molecule has 2 N–H and O–H groups in total. The van der Waals surface area contributed by atoms with E-state index in [0.29, 0.717) is 24.7 Å². The molecule has 2 aliphatic heterocycles. The minimum Gasteiger partial charge on any atom is -0.380 e. The number of rotatable bonds is 3. The third-order valence-electron chi connectivity index (χ3n) is 4.34. The van der Waals surface area contributed by atoms with E-state index >= 15 is 0 Å². The van der Waals surface area contributed by atoms with E-state index in [1.165, 1.54) is 24.1 Å². The van der Waals surface area contributed by atoms with Crippen molar-refractivity contribution in [3.63, 3.8) is 0 Å². The molecule has 2 aliphatic rings. The Hall–Kier alpha value is -1.06. The molecule has 2 saturated heterocycles. The van der Waals surface area contributed by atoms with Crippen molar-refractivity contribution in [3.8, 4) is 0 Å². The third-order valence-corrected chi connectivity index (χ3v) is 4.34. The number of ether oxygens (including phenoxy) is 1. The first kappa shape index (κ1) is 12.0. The number of nitrogens with two attached hydrogens (primary N) is 1. The number of nitrogens with zero attached hydrogens (tertiary/aromatic N) is 1. The number of piperidine rings is 1. The highest BCUT2D eigenvalue weighted by atomic mass is 16.5. The summed E-state index contributed by atoms with van der Waals surface area (Å²) < 4.78 is 5.32. The highest BCUT2D eigenvalue weighted by molar-refractivity contribution is 5.56. The Kier molecular flexibility index (Phi) is 3.27. The average Bonchev–Trinajstić information content (AvgIpc) is 2.63. The van der Waals surface area contributed by atoms with Crippen LogP contribution in [0.4, 0.5) is 5.69 Å². The zero-order chi connectivity index (χ0) is 12.5. The van der Waals surface area contributed by atoms with Crippen LogP contribution in [0.25, 0.3) is 0 Å². The maximum absolute atomic E-state index is 6.14. The lowest BCUT2D eigenvalue weighted by Gasteiger charge is -2.40. The molecule has 0 radical (unpaired) electrons. The third kappa shape index (κ3) is 2.02. The van der Waals surface area contributed by atoms with E-state index in [1.807, 2.05) is 0 Å². The predicted molar refractivity (Wildman–Crippen MR) is 73.7 cm³/mol. The summed E-state index contributed by atoms with van der Waals surface area (Å²) >= 11 is 0. The van der Waals surface area contributed by atoms with E-state index in [2.05, 4.69) is 29.2 Å². The van der Waals surface area contributed by atoms with Crippen LogP contribution < -0.4 is 10.6 Å². The van der Waals surface area contributed by atoms with Crippen molar-refractivity contribution in [3.05, 3.63) is 29.8 Å². The molecule has 1 aromatic rings. The van der Waals surface area contributed by atoms with Crippen LogP contribution in [-0.4, -0.2) is 25.2 Å². The molecule has 0 saturated carbocycles. The van der Waals surface area contributed by atoms with E-state index in [4.69, 9.17) is 10.5 Å². The lowest BCUT2D eigenvalue weighted by Crippen LogP contribution is -2.47. The van der Waals surface area contributed by atoms with E-state index in [1.54, 1.807) is 7.11 Å². The van der Waals surface area contributed by atoms with Gasteiger partial charge in [-0.15, -0.1) is 0 Å². The second-order valence-electron chi connectivity index (χ2n) is 5.59. The van der Waals surface area contributed by atoms with Gasteiger partial charge < -0.3 is 15.4 Å². The number of hydrogen-bond acceptors (Lipinski definition) is 3. The topological polar surface area (TPSA) is 38.5 Å². The highest BCUT2D eigenvalue weighted by Gasteiger charge is 2.40. The molecule has 2 unspecified atom stereocenters. The summed E-state index contributed by atoms with van der Waals surface area (Å²) in [5, 5.41) is 0. The van der Waals surface area contributed by atoms with E-state index < -0.39 is 0 Å². The second-order valence-corrected chi connectivity index (χ2v) is 5.59. The van der Waals surface area contributed by atoms with Crippen LogP contribution in [0.2, 0.25) is 0 Å². The lowest BCUT2D eigenvalue weighted by atomic mass is 9.96. The Bertz CT molecular complexity index is 407. The van der Waals surface area contributed by atoms with Crippen molar-refractivity contribution in [2.24, 2.45) is 5.73 Å². The van der Waals surface area contributed by atoms with Gasteiger partial charge in [0.1, 0.15) is 0 Å². The fourth-order valence-corrected chi connectivity index (χ4v) is 3.65. The zero-order valence-electron chi connectivity index (χ0n) is 11.0. The molecule has 3 rings (SSSR count). The number of methoxy groups -OCH3 is 1. The first-order chi connectivity index (χ1) is 8.79. The van der Waals surface area contributed by atoms with E-state index in [-0.39, 0.29) is 0 Å². The minimum atomic E-state index is 0.397. The van der Waals surface area contributed by atoms with E-state index in [9.17, 15) is 0 Å². The maximum atomic E-state index is 6.14. The van der Waals surface area contributed by atoms with Gasteiger partial charge in [0, 0.05) is 36.5 Å². The average molecular weight is 246 g/mol. The van der Waals surface area contributed by atoms with Gasteiger partial charge >= 0.3 is 0 Å². The molecule has 3 heteroatoms. The van der Waals surface area contributed by atoms with Gasteiger partial charge in [-0.2, -0.15) is 0 Å². The van der Waals surface area contributed by atoms with Crippen LogP contribution in [0.15, 0.2) is 24.3 Å². The Balaban J connectivity index is 1.91. The number of fused-ring (bicyclic) bond motifs is 2. The first-order valence-electron chi connectivity index (χ1n) is 6.90. The first-order valence-corrected chi connectivity index (χ1v) is 6.90. The smallest absolute Gasteiger partial charge is 0.0733 e. The van der Waals surface area contributed by atoms with Gasteiger partial charge in [0.25, 0.3) is 0 Å². The maximum Gasteiger partial charge on any atom is 0.0733 e. The number of para-hydroxylation sites is 1. The molecule has 0 spiro atoms. The minimum absolute atomic E-state index is 0.397. The molecular weight excluding hydrogens is 224 g/mol. The van der Waals surface area contributed by atoms with Crippen molar-refractivity contribution < 1.29 is 4.74 Å². The lowest BCUT2D eigenvalue weighted by molar-refractivity contribution is 0.185. The molecule has 0 aromatic heterocycles. The van der Waals surface area contributed by atoms with Gasteiger partial charge in [-0.3, -0.25) is 0 Å². The molecule has 2 heterocycles. The van der Waals surface area contributed by atoms with Crippen molar-refractivity contribution >= 4 is 5.69 Å². The van der Waals surface area contributed by atoms with Gasteiger partial charge in [0.05, 0.1) is 6.61 Å². The molecule has 18 heavy (non-hydrogen) atoms. The predicted octanol–water partition coefficient (Wildman–Crippen LogP) is 2.29. The molecular formula is C15H22N2O. The van der Waals surface area contributed by atoms with Crippen LogP contribution >= 0.6 is 0 Å². The fourth-order valence-electron chi connectivity index (χ4n) is 3.65. The van der Waals surface area contributed by atoms with Crippen molar-refractivity contribution in [1.82, 2.24) is 0 Å². The summed E-state index contributed by atoms with van der Waals surface area (Å²) in [5.41, 5.74) is 8.80. The van der Waals surface area contributed by atoms with Crippen molar-refractivity contribution in [1.29, 1.82) is 0 Å². The Morgan fingerprint density at radius 1 is 1.22 bits per heavy atom. The van der Waals surface area contributed by atoms with Gasteiger partial charge in [-0.1, -0.05) is 18.2 Å². The summed E-state index contributed by atoms with van der Waals surface area (Å²) in [7, 11) is 1.76. The standard InChI is InChI=1S/C15H22N2O/c1-18-10-11-4-2-3-5-15(11)17-13-6-7-14(17)9-12(16)8-13/h2-5,12-14H,6-10,16H2,1H3. The van der Waals surface area contributed by atoms with Crippen LogP contribution in [0, 0.1) is 0 Å². The summed E-state index contributed by atoms with van der Waals surface area (Å²) in [6.07, 6.45) is 4.86. The molecule has 3 nitrogen and oxygen atoms in total. The molecule has 98 valence electrons. The van der Waals surface area contributed by atoms with Gasteiger partial charge in [0.15, 0.2) is 0 Å². The van der Waals surface area contributed by atoms with Crippen LogP contribution in [0.1, 0.15) is 31.2 Å². The quantitative estimate of drug-likeness (QED) is 0.889. The Morgan fingerprint density at radius 3 is 2.56 bits per heavy atom. The van der Waals surface area contributed by atoms with Crippen LogP contribution in [-0.2, 0) is 11.3 Å². The van der Waals surface area contributed by atoms with Gasteiger partial charge in [0.2, 0.25) is 0 Å². The van der Waals surface area contributed by atoms with Gasteiger partial charge in [-0.25, -0.2) is 0 Å². The van der Waals surface area contributed by atoms with Crippen molar-refractivity contribution in [2.75, 3.05) is 12.0 Å². The molecule has 0 amide bonds. The summed E-state index contributed by atoms with van der Waals surface area (Å²) in [4.78, 5) is 2.61. The largest absolute Gasteiger partial charge is 0.380 e. The summed E-state index contributed by atoms with van der Waals surface area (Å²) in [6.45, 7) is 0.693. The molecule has 2 bridgehead atoms. The normalized spacial score (nSPS) is 30.8. The number of anilines is 1. The van der Waals surface area contributed by atoms with Crippen LogP contribution in [0.3, 0.4) is 0 Å². The Morgan fingerprint density at radius 2 is 1.89 bits per heavy atom. The SMILES string of the molecule is COCc1ccccc1N1C2CCC1CC(N)C2. The monoisotopic (exact) mass is 246 g/mol. The van der Waals surface area contributed by atoms with E-state index in [0.717, 1.165) is 12.8 Å². The highest BCUT2D eigenvalue weighted by Crippen LogP contribution is 2.40. The fraction of sp³-hybridized carbons (Fsp3) is 0.600. The summed E-state index contributed by atoms with van der Waals surface area (Å²) in [5.74, 6) is 0. The number of benzene rings is 1. The van der Waals surface area contributed by atoms with Gasteiger partial charge in [-0.05, 0) is 31.7 Å². The molecule has 2 fully saturated rings. The molecule has 1 aromatic carbocycles. The molecule has 2 atom stereocenters. The number of hydrogen-bond donors (Lipinski definition) is 1. The molecule has 0 aliphatic carbocycles. The second kappa shape index (κ2) is 4.90. The van der Waals surface area contributed by atoms with Crippen LogP contribution in [0.5, 0.6) is 0 Å². The Labute approximate surface area is 109 Å².